The summed E-state index contributed by atoms with van der Waals surface area (Å²) in [6, 6.07) is 0.109. The molecular weight excluding hydrogens is 312 g/mol. The summed E-state index contributed by atoms with van der Waals surface area (Å²) in [5.74, 6) is 0. The maximum Gasteiger partial charge on any atom is 0.336 e. The van der Waals surface area contributed by atoms with Crippen LogP contribution in [0.3, 0.4) is 0 Å². The maximum absolute atomic E-state index is 12.5. The van der Waals surface area contributed by atoms with E-state index in [1.807, 2.05) is 7.05 Å². The van der Waals surface area contributed by atoms with Gasteiger partial charge in [-0.1, -0.05) is 17.9 Å². The minimum absolute atomic E-state index is 0.0466. The summed E-state index contributed by atoms with van der Waals surface area (Å²) < 4.78 is 8.09. The zero-order chi connectivity index (χ0) is 17.1. The van der Waals surface area contributed by atoms with Crippen molar-refractivity contribution < 1.29 is 4.74 Å². The summed E-state index contributed by atoms with van der Waals surface area (Å²) in [5.41, 5.74) is -0.461. The highest BCUT2D eigenvalue weighted by Gasteiger charge is 2.24. The van der Waals surface area contributed by atoms with E-state index in [1.54, 1.807) is 4.57 Å². The average molecular weight is 334 g/mol. The largest absolute Gasteiger partial charge is 0.462 e. The van der Waals surface area contributed by atoms with Gasteiger partial charge in [0, 0.05) is 13.1 Å². The number of hydrogen-bond donors (Lipinski definition) is 1. The van der Waals surface area contributed by atoms with Gasteiger partial charge in [-0.15, -0.1) is 5.10 Å². The van der Waals surface area contributed by atoms with Crippen LogP contribution in [0, 0.1) is 0 Å². The van der Waals surface area contributed by atoms with Crippen LogP contribution in [-0.4, -0.2) is 44.5 Å². The molecule has 1 aliphatic carbocycles. The number of rotatable bonds is 6. The normalized spacial score (nSPS) is 15.2. The van der Waals surface area contributed by atoms with Gasteiger partial charge in [-0.05, 0) is 32.9 Å². The number of nitrogens with zero attached hydrogens (tertiary/aromatic N) is 5. The van der Waals surface area contributed by atoms with Crippen LogP contribution in [0.2, 0.25) is 0 Å². The van der Waals surface area contributed by atoms with E-state index < -0.39 is 5.56 Å². The van der Waals surface area contributed by atoms with Crippen molar-refractivity contribution in [3.63, 3.8) is 0 Å². The van der Waals surface area contributed by atoms with Crippen LogP contribution in [0.25, 0.3) is 11.2 Å². The first kappa shape index (κ1) is 16.6. The summed E-state index contributed by atoms with van der Waals surface area (Å²) in [4.78, 5) is 29.1. The highest BCUT2D eigenvalue weighted by atomic mass is 16.5. The molecule has 2 aromatic heterocycles. The minimum atomic E-state index is -0.473. The third-order valence-electron chi connectivity index (χ3n) is 4.37. The van der Waals surface area contributed by atoms with Crippen LogP contribution in [0.1, 0.15) is 38.1 Å². The quantitative estimate of drug-likeness (QED) is 0.741. The molecule has 130 valence electrons. The van der Waals surface area contributed by atoms with E-state index in [2.05, 4.69) is 20.5 Å². The van der Waals surface area contributed by atoms with Crippen molar-refractivity contribution in [2.75, 3.05) is 20.2 Å². The van der Waals surface area contributed by atoms with Gasteiger partial charge in [0.1, 0.15) is 0 Å². The molecule has 0 aromatic carbocycles. The van der Waals surface area contributed by atoms with Gasteiger partial charge in [0.2, 0.25) is 0 Å². The zero-order valence-electron chi connectivity index (χ0n) is 14.0. The number of aromatic nitrogens is 5. The van der Waals surface area contributed by atoms with Gasteiger partial charge in [-0.2, -0.15) is 4.98 Å². The lowest BCUT2D eigenvalue weighted by Crippen LogP contribution is -2.40. The number of nitrogens with one attached hydrogen (secondary N) is 1. The molecule has 0 bridgehead atoms. The minimum Gasteiger partial charge on any atom is -0.462 e. The fourth-order valence-electron chi connectivity index (χ4n) is 3.07. The van der Waals surface area contributed by atoms with E-state index >= 15 is 0 Å². The van der Waals surface area contributed by atoms with E-state index in [1.165, 1.54) is 7.05 Å². The van der Waals surface area contributed by atoms with Crippen molar-refractivity contribution >= 4 is 11.2 Å². The topological polar surface area (TPSA) is 104 Å². The third-order valence-corrected chi connectivity index (χ3v) is 4.37. The Kier molecular flexibility index (Phi) is 4.89. The third kappa shape index (κ3) is 3.03. The van der Waals surface area contributed by atoms with Crippen LogP contribution < -0.4 is 21.3 Å². The molecule has 3 rings (SSSR count). The molecule has 24 heavy (non-hydrogen) atoms. The fraction of sp³-hybridized carbons (Fsp3) is 0.667. The summed E-state index contributed by atoms with van der Waals surface area (Å²) in [7, 11) is 3.32. The molecule has 1 fully saturated rings. The smallest absolute Gasteiger partial charge is 0.336 e. The number of fused-ring (bicyclic) bond motifs is 1. The Morgan fingerprint density at radius 2 is 2.00 bits per heavy atom. The average Bonchev–Trinajstić information content (AvgIpc) is 3.11. The lowest BCUT2D eigenvalue weighted by molar-refractivity contribution is 0.283. The Morgan fingerprint density at radius 1 is 1.25 bits per heavy atom. The molecule has 9 heteroatoms. The van der Waals surface area contributed by atoms with E-state index in [0.717, 1.165) is 43.2 Å². The fourth-order valence-corrected chi connectivity index (χ4v) is 3.07. The summed E-state index contributed by atoms with van der Waals surface area (Å²) in [5, 5.41) is 11.0. The molecule has 0 radical (unpaired) electrons. The van der Waals surface area contributed by atoms with Crippen molar-refractivity contribution in [3.05, 3.63) is 20.8 Å². The molecule has 0 unspecified atom stereocenters. The second-order valence-electron chi connectivity index (χ2n) is 6.03. The highest BCUT2D eigenvalue weighted by molar-refractivity contribution is 5.68. The maximum atomic E-state index is 12.5. The van der Waals surface area contributed by atoms with Gasteiger partial charge >= 0.3 is 11.7 Å². The van der Waals surface area contributed by atoms with Gasteiger partial charge in [0.15, 0.2) is 11.2 Å². The van der Waals surface area contributed by atoms with E-state index in [0.29, 0.717) is 6.61 Å². The SMILES string of the molecule is CNCCCOc1nnc2c(n1)c(=O)n(C)c(=O)n2C1CCCC1. The molecular formula is C15H22N6O3. The standard InChI is InChI=1S/C15H22N6O3/c1-16-8-5-9-24-14-17-11-12(18-19-14)21(10-6-3-4-7-10)15(23)20(2)13(11)22/h10,16H,3-9H2,1-2H3. The second kappa shape index (κ2) is 7.08. The molecule has 0 saturated heterocycles. The molecule has 1 aliphatic rings. The summed E-state index contributed by atoms with van der Waals surface area (Å²) in [6.45, 7) is 1.24. The Bertz CT molecular complexity index is 837. The Hall–Kier alpha value is -2.29. The van der Waals surface area contributed by atoms with Crippen molar-refractivity contribution in [2.45, 2.75) is 38.1 Å². The van der Waals surface area contributed by atoms with Gasteiger partial charge in [0.05, 0.1) is 6.61 Å². The van der Waals surface area contributed by atoms with Crippen LogP contribution in [0.5, 0.6) is 6.01 Å². The molecule has 0 amide bonds. The first-order chi connectivity index (χ1) is 11.6. The highest BCUT2D eigenvalue weighted by Crippen LogP contribution is 2.29. The predicted molar refractivity (Wildman–Crippen MR) is 88.4 cm³/mol. The van der Waals surface area contributed by atoms with Crippen molar-refractivity contribution in [2.24, 2.45) is 7.05 Å². The van der Waals surface area contributed by atoms with Crippen LogP contribution in [0.15, 0.2) is 9.59 Å². The number of hydrogen-bond acceptors (Lipinski definition) is 7. The first-order valence-corrected chi connectivity index (χ1v) is 8.27. The summed E-state index contributed by atoms with van der Waals surface area (Å²) >= 11 is 0. The lowest BCUT2D eigenvalue weighted by Gasteiger charge is -2.16. The lowest BCUT2D eigenvalue weighted by atomic mass is 10.2. The molecule has 0 aliphatic heterocycles. The van der Waals surface area contributed by atoms with Crippen molar-refractivity contribution in [1.29, 1.82) is 0 Å². The molecule has 2 heterocycles. The Morgan fingerprint density at radius 3 is 2.71 bits per heavy atom. The van der Waals surface area contributed by atoms with E-state index in [4.69, 9.17) is 4.74 Å². The van der Waals surface area contributed by atoms with Crippen LogP contribution >= 0.6 is 0 Å². The van der Waals surface area contributed by atoms with Gasteiger partial charge in [-0.3, -0.25) is 13.9 Å². The zero-order valence-corrected chi connectivity index (χ0v) is 14.0. The summed E-state index contributed by atoms with van der Waals surface area (Å²) in [6.07, 6.45) is 4.72. The molecule has 0 atom stereocenters. The van der Waals surface area contributed by atoms with Crippen molar-refractivity contribution in [1.82, 2.24) is 29.6 Å². The molecule has 2 aromatic rings. The predicted octanol–water partition coefficient (Wildman–Crippen LogP) is -0.0114. The molecule has 1 saturated carbocycles. The molecule has 9 nitrogen and oxygen atoms in total. The Labute approximate surface area is 138 Å². The molecule has 0 spiro atoms. The van der Waals surface area contributed by atoms with E-state index in [-0.39, 0.29) is 28.9 Å². The van der Waals surface area contributed by atoms with Crippen LogP contribution in [0.4, 0.5) is 0 Å². The van der Waals surface area contributed by atoms with E-state index in [9.17, 15) is 9.59 Å². The first-order valence-electron chi connectivity index (χ1n) is 8.27. The molecule has 1 N–H and O–H groups in total. The van der Waals surface area contributed by atoms with Crippen molar-refractivity contribution in [3.8, 4) is 6.01 Å². The number of ether oxygens (including phenoxy) is 1. The van der Waals surface area contributed by atoms with Gasteiger partial charge in [0.25, 0.3) is 5.56 Å². The van der Waals surface area contributed by atoms with Crippen LogP contribution in [-0.2, 0) is 7.05 Å². The second-order valence-corrected chi connectivity index (χ2v) is 6.03. The monoisotopic (exact) mass is 334 g/mol. The van der Waals surface area contributed by atoms with Gasteiger partial charge in [-0.25, -0.2) is 4.79 Å². The Balaban J connectivity index is 2.03. The van der Waals surface area contributed by atoms with Gasteiger partial charge < -0.3 is 10.1 Å².